The molecule has 1 atom stereocenters. The summed E-state index contributed by atoms with van der Waals surface area (Å²) < 4.78 is 10.8. The second kappa shape index (κ2) is 6.19. The van der Waals surface area contributed by atoms with E-state index in [0.717, 1.165) is 31.1 Å². The molecule has 0 aliphatic carbocycles. The van der Waals surface area contributed by atoms with Crippen LogP contribution in [0.4, 0.5) is 0 Å². The van der Waals surface area contributed by atoms with Gasteiger partial charge in [0.25, 0.3) is 0 Å². The number of rotatable bonds is 5. The molecule has 0 unspecified atom stereocenters. The van der Waals surface area contributed by atoms with Crippen molar-refractivity contribution in [3.05, 3.63) is 59.2 Å². The topological polar surface area (TPSA) is 30.5 Å². The van der Waals surface area contributed by atoms with E-state index in [1.54, 1.807) is 7.11 Å². The molecule has 0 fully saturated rings. The van der Waals surface area contributed by atoms with Gasteiger partial charge in [-0.3, -0.25) is 0 Å². The van der Waals surface area contributed by atoms with Crippen LogP contribution in [0.1, 0.15) is 29.7 Å². The molecule has 3 heteroatoms. The predicted molar refractivity (Wildman–Crippen MR) is 83.9 cm³/mol. The van der Waals surface area contributed by atoms with E-state index in [2.05, 4.69) is 42.6 Å². The Kier molecular flexibility index (Phi) is 4.11. The molecule has 110 valence electrons. The third-order valence-corrected chi connectivity index (χ3v) is 3.96. The van der Waals surface area contributed by atoms with Crippen LogP contribution < -0.4 is 14.8 Å². The highest BCUT2D eigenvalue weighted by Gasteiger charge is 2.12. The first-order chi connectivity index (χ1) is 10.3. The largest absolute Gasteiger partial charge is 0.497 e. The second-order valence-electron chi connectivity index (χ2n) is 5.42. The van der Waals surface area contributed by atoms with E-state index >= 15 is 0 Å². The van der Waals surface area contributed by atoms with Crippen molar-refractivity contribution in [2.75, 3.05) is 13.7 Å². The molecule has 3 nitrogen and oxygen atoms in total. The zero-order valence-corrected chi connectivity index (χ0v) is 12.6. The zero-order chi connectivity index (χ0) is 14.7. The molecule has 1 heterocycles. The normalized spacial score (nSPS) is 14.4. The SMILES string of the molecule is COc1cccc([C@@H](C)NCc2ccc3c(c2)CCO3)c1. The maximum absolute atomic E-state index is 5.54. The van der Waals surface area contributed by atoms with Gasteiger partial charge in [0.2, 0.25) is 0 Å². The van der Waals surface area contributed by atoms with Gasteiger partial charge in [0, 0.05) is 19.0 Å². The monoisotopic (exact) mass is 283 g/mol. The van der Waals surface area contributed by atoms with Crippen LogP contribution in [0.25, 0.3) is 0 Å². The number of nitrogens with one attached hydrogen (secondary N) is 1. The summed E-state index contributed by atoms with van der Waals surface area (Å²) in [5.74, 6) is 1.94. The lowest BCUT2D eigenvalue weighted by atomic mass is 10.1. The first kappa shape index (κ1) is 14.0. The third-order valence-electron chi connectivity index (χ3n) is 3.96. The van der Waals surface area contributed by atoms with Crippen LogP contribution in [0.3, 0.4) is 0 Å². The molecule has 0 aromatic heterocycles. The molecule has 2 aromatic carbocycles. The average Bonchev–Trinajstić information content (AvgIpc) is 3.00. The first-order valence-electron chi connectivity index (χ1n) is 7.38. The van der Waals surface area contributed by atoms with Crippen molar-refractivity contribution >= 4 is 0 Å². The Morgan fingerprint density at radius 1 is 1.24 bits per heavy atom. The fourth-order valence-electron chi connectivity index (χ4n) is 2.65. The highest BCUT2D eigenvalue weighted by Crippen LogP contribution is 2.26. The van der Waals surface area contributed by atoms with E-state index in [9.17, 15) is 0 Å². The second-order valence-corrected chi connectivity index (χ2v) is 5.42. The molecule has 1 aliphatic heterocycles. The fourth-order valence-corrected chi connectivity index (χ4v) is 2.65. The van der Waals surface area contributed by atoms with E-state index in [4.69, 9.17) is 9.47 Å². The van der Waals surface area contributed by atoms with Crippen LogP contribution in [-0.4, -0.2) is 13.7 Å². The Hall–Kier alpha value is -2.00. The Morgan fingerprint density at radius 3 is 3.00 bits per heavy atom. The minimum atomic E-state index is 0.282. The molecule has 0 amide bonds. The molecular weight excluding hydrogens is 262 g/mol. The van der Waals surface area contributed by atoms with E-state index < -0.39 is 0 Å². The summed E-state index contributed by atoms with van der Waals surface area (Å²) in [6.45, 7) is 3.84. The Labute approximate surface area is 125 Å². The Bertz CT molecular complexity index is 624. The fraction of sp³-hybridized carbons (Fsp3) is 0.333. The number of hydrogen-bond donors (Lipinski definition) is 1. The van der Waals surface area contributed by atoms with Crippen LogP contribution in [0.2, 0.25) is 0 Å². The zero-order valence-electron chi connectivity index (χ0n) is 12.6. The predicted octanol–water partition coefficient (Wildman–Crippen LogP) is 3.48. The van der Waals surface area contributed by atoms with E-state index in [1.165, 1.54) is 16.7 Å². The molecule has 21 heavy (non-hydrogen) atoms. The highest BCUT2D eigenvalue weighted by atomic mass is 16.5. The molecule has 0 spiro atoms. The molecule has 2 aromatic rings. The quantitative estimate of drug-likeness (QED) is 0.911. The van der Waals surface area contributed by atoms with Gasteiger partial charge in [-0.15, -0.1) is 0 Å². The van der Waals surface area contributed by atoms with Crippen LogP contribution >= 0.6 is 0 Å². The molecule has 0 saturated heterocycles. The minimum absolute atomic E-state index is 0.282. The lowest BCUT2D eigenvalue weighted by molar-refractivity contribution is 0.357. The summed E-state index contributed by atoms with van der Waals surface area (Å²) in [7, 11) is 1.70. The van der Waals surface area contributed by atoms with Gasteiger partial charge in [-0.05, 0) is 41.8 Å². The van der Waals surface area contributed by atoms with E-state index in [-0.39, 0.29) is 6.04 Å². The van der Waals surface area contributed by atoms with Gasteiger partial charge >= 0.3 is 0 Å². The van der Waals surface area contributed by atoms with Crippen molar-refractivity contribution in [1.29, 1.82) is 0 Å². The number of ether oxygens (including phenoxy) is 2. The molecule has 1 aliphatic rings. The smallest absolute Gasteiger partial charge is 0.122 e. The molecular formula is C18H21NO2. The number of hydrogen-bond acceptors (Lipinski definition) is 3. The summed E-state index contributed by atoms with van der Waals surface area (Å²) in [5, 5.41) is 3.56. The van der Waals surface area contributed by atoms with Gasteiger partial charge in [0.1, 0.15) is 11.5 Å². The van der Waals surface area contributed by atoms with Crippen LogP contribution in [0.5, 0.6) is 11.5 Å². The average molecular weight is 283 g/mol. The molecule has 3 rings (SSSR count). The van der Waals surface area contributed by atoms with Crippen molar-refractivity contribution in [3.63, 3.8) is 0 Å². The molecule has 0 radical (unpaired) electrons. The summed E-state index contributed by atoms with van der Waals surface area (Å²) in [6, 6.07) is 14.9. The summed E-state index contributed by atoms with van der Waals surface area (Å²) in [5.41, 5.74) is 3.86. The summed E-state index contributed by atoms with van der Waals surface area (Å²) >= 11 is 0. The van der Waals surface area contributed by atoms with Crippen LogP contribution in [-0.2, 0) is 13.0 Å². The number of fused-ring (bicyclic) bond motifs is 1. The minimum Gasteiger partial charge on any atom is -0.497 e. The van der Waals surface area contributed by atoms with Crippen molar-refractivity contribution < 1.29 is 9.47 Å². The van der Waals surface area contributed by atoms with Crippen molar-refractivity contribution in [2.45, 2.75) is 25.9 Å². The number of benzene rings is 2. The third kappa shape index (κ3) is 3.19. The highest BCUT2D eigenvalue weighted by molar-refractivity contribution is 5.39. The van der Waals surface area contributed by atoms with Crippen molar-refractivity contribution in [1.82, 2.24) is 5.32 Å². The van der Waals surface area contributed by atoms with Crippen LogP contribution in [0.15, 0.2) is 42.5 Å². The van der Waals surface area contributed by atoms with Gasteiger partial charge in [0.05, 0.1) is 13.7 Å². The van der Waals surface area contributed by atoms with Gasteiger partial charge in [-0.25, -0.2) is 0 Å². The van der Waals surface area contributed by atoms with Crippen molar-refractivity contribution in [2.24, 2.45) is 0 Å². The summed E-state index contributed by atoms with van der Waals surface area (Å²) in [4.78, 5) is 0. The van der Waals surface area contributed by atoms with Crippen LogP contribution in [0, 0.1) is 0 Å². The van der Waals surface area contributed by atoms with Gasteiger partial charge in [0.15, 0.2) is 0 Å². The lowest BCUT2D eigenvalue weighted by Crippen LogP contribution is -2.18. The maximum atomic E-state index is 5.54. The molecule has 0 saturated carbocycles. The van der Waals surface area contributed by atoms with Gasteiger partial charge in [-0.1, -0.05) is 24.3 Å². The molecule has 1 N–H and O–H groups in total. The van der Waals surface area contributed by atoms with Crippen molar-refractivity contribution in [3.8, 4) is 11.5 Å². The Morgan fingerprint density at radius 2 is 2.14 bits per heavy atom. The van der Waals surface area contributed by atoms with E-state index in [1.807, 2.05) is 12.1 Å². The van der Waals surface area contributed by atoms with E-state index in [0.29, 0.717) is 0 Å². The molecule has 0 bridgehead atoms. The maximum Gasteiger partial charge on any atom is 0.122 e. The first-order valence-corrected chi connectivity index (χ1v) is 7.38. The lowest BCUT2D eigenvalue weighted by Gasteiger charge is -2.15. The standard InChI is InChI=1S/C18H21NO2/c1-13(15-4-3-5-17(11-15)20-2)19-12-14-6-7-18-16(10-14)8-9-21-18/h3-7,10-11,13,19H,8-9,12H2,1-2H3/t13-/m1/s1. The Balaban J connectivity index is 1.64. The summed E-state index contributed by atoms with van der Waals surface area (Å²) in [6.07, 6.45) is 1.02. The van der Waals surface area contributed by atoms with Gasteiger partial charge < -0.3 is 14.8 Å². The van der Waals surface area contributed by atoms with Gasteiger partial charge in [-0.2, -0.15) is 0 Å². The number of methoxy groups -OCH3 is 1.